The summed E-state index contributed by atoms with van der Waals surface area (Å²) in [6.45, 7) is 3.69. The average Bonchev–Trinajstić information content (AvgIpc) is 3.10. The normalized spacial score (nSPS) is 18.8. The number of hydrogen-bond donors (Lipinski definition) is 2. The Morgan fingerprint density at radius 1 is 1.25 bits per heavy atom. The molecule has 2 unspecified atom stereocenters. The highest BCUT2D eigenvalue weighted by Gasteiger charge is 2.40. The molecule has 0 saturated carbocycles. The van der Waals surface area contributed by atoms with Gasteiger partial charge in [0.1, 0.15) is 6.04 Å². The van der Waals surface area contributed by atoms with Crippen molar-refractivity contribution in [3.05, 3.63) is 23.8 Å². The number of likely N-dealkylation sites (tertiary alicyclic amines) is 1. The van der Waals surface area contributed by atoms with Crippen LogP contribution in [0.15, 0.2) is 18.2 Å². The summed E-state index contributed by atoms with van der Waals surface area (Å²) < 4.78 is 15.9. The lowest BCUT2D eigenvalue weighted by atomic mass is 10.1. The second-order valence-corrected chi connectivity index (χ2v) is 6.78. The van der Waals surface area contributed by atoms with Gasteiger partial charge < -0.3 is 29.5 Å². The Morgan fingerprint density at radius 2 is 1.96 bits per heavy atom. The molecule has 0 aromatic heterocycles. The minimum Gasteiger partial charge on any atom is -0.493 e. The van der Waals surface area contributed by atoms with Gasteiger partial charge in [-0.2, -0.15) is 0 Å². The molecule has 1 saturated heterocycles. The van der Waals surface area contributed by atoms with Crippen LogP contribution in [-0.2, 0) is 14.3 Å². The van der Waals surface area contributed by atoms with Crippen LogP contribution in [-0.4, -0.2) is 73.3 Å². The van der Waals surface area contributed by atoms with Gasteiger partial charge in [0.05, 0.1) is 13.2 Å². The van der Waals surface area contributed by atoms with Crippen molar-refractivity contribution in [2.24, 2.45) is 0 Å². The molecular weight excluding hydrogens is 368 g/mol. The van der Waals surface area contributed by atoms with E-state index in [0.717, 1.165) is 0 Å². The van der Waals surface area contributed by atoms with Crippen LogP contribution < -0.4 is 14.8 Å². The summed E-state index contributed by atoms with van der Waals surface area (Å²) in [7, 11) is 2.91. The number of carboxylic acid groups (broad SMARTS) is 1. The fourth-order valence-corrected chi connectivity index (χ4v) is 3.02. The summed E-state index contributed by atoms with van der Waals surface area (Å²) in [4.78, 5) is 37.3. The number of carbonyl (C=O) groups is 3. The molecule has 2 N–H and O–H groups in total. The van der Waals surface area contributed by atoms with Gasteiger partial charge in [0.25, 0.3) is 11.8 Å². The fraction of sp³-hybridized carbons (Fsp3) is 0.526. The summed E-state index contributed by atoms with van der Waals surface area (Å²) in [5, 5.41) is 12.1. The lowest BCUT2D eigenvalue weighted by Crippen LogP contribution is -2.40. The molecule has 154 valence electrons. The van der Waals surface area contributed by atoms with Gasteiger partial charge in [-0.1, -0.05) is 0 Å². The number of carboxylic acids is 1. The van der Waals surface area contributed by atoms with Crippen LogP contribution in [0.4, 0.5) is 0 Å². The molecular formula is C19H26N2O7. The number of nitrogens with one attached hydrogen (secondary N) is 1. The molecule has 0 aliphatic carbocycles. The topological polar surface area (TPSA) is 114 Å². The quantitative estimate of drug-likeness (QED) is 0.674. The van der Waals surface area contributed by atoms with Gasteiger partial charge >= 0.3 is 5.97 Å². The number of carbonyl (C=O) groups excluding carboxylic acids is 2. The number of nitrogens with zero attached hydrogens (tertiary/aromatic N) is 1. The summed E-state index contributed by atoms with van der Waals surface area (Å²) in [6.07, 6.45) is -0.0880. The van der Waals surface area contributed by atoms with Crippen molar-refractivity contribution in [1.82, 2.24) is 10.2 Å². The molecule has 1 heterocycles. The van der Waals surface area contributed by atoms with Crippen LogP contribution in [0.5, 0.6) is 11.5 Å². The van der Waals surface area contributed by atoms with Crippen LogP contribution in [0.2, 0.25) is 0 Å². The highest BCUT2D eigenvalue weighted by molar-refractivity contribution is 5.97. The Balaban J connectivity index is 2.15. The smallest absolute Gasteiger partial charge is 0.326 e. The van der Waals surface area contributed by atoms with Gasteiger partial charge in [0, 0.05) is 31.7 Å². The van der Waals surface area contributed by atoms with E-state index in [4.69, 9.17) is 14.2 Å². The van der Waals surface area contributed by atoms with Gasteiger partial charge in [-0.3, -0.25) is 9.59 Å². The van der Waals surface area contributed by atoms with E-state index >= 15 is 0 Å². The molecule has 1 aliphatic heterocycles. The molecule has 1 fully saturated rings. The van der Waals surface area contributed by atoms with Crippen molar-refractivity contribution < 1.29 is 33.7 Å². The molecule has 2 atom stereocenters. The number of amides is 2. The van der Waals surface area contributed by atoms with E-state index in [1.165, 1.54) is 37.3 Å². The monoisotopic (exact) mass is 394 g/mol. The summed E-state index contributed by atoms with van der Waals surface area (Å²) in [5.41, 5.74) is 0.263. The first-order valence-electron chi connectivity index (χ1n) is 8.93. The Kier molecular flexibility index (Phi) is 7.22. The maximum Gasteiger partial charge on any atom is 0.326 e. The summed E-state index contributed by atoms with van der Waals surface area (Å²) in [6, 6.07) is 3.56. The van der Waals surface area contributed by atoms with Gasteiger partial charge in [-0.05, 0) is 32.0 Å². The Hall–Kier alpha value is -2.81. The molecule has 1 aliphatic rings. The molecule has 1 aromatic carbocycles. The van der Waals surface area contributed by atoms with E-state index in [9.17, 15) is 19.5 Å². The highest BCUT2D eigenvalue weighted by atomic mass is 16.5. The molecule has 9 heteroatoms. The molecule has 2 rings (SSSR count). The molecule has 2 amide bonds. The molecule has 28 heavy (non-hydrogen) atoms. The van der Waals surface area contributed by atoms with Crippen molar-refractivity contribution in [3.8, 4) is 11.5 Å². The minimum atomic E-state index is -1.07. The number of aliphatic carboxylic acids is 1. The highest BCUT2D eigenvalue weighted by Crippen LogP contribution is 2.30. The Morgan fingerprint density at radius 3 is 2.54 bits per heavy atom. The maximum atomic E-state index is 12.8. The number of benzene rings is 1. The first-order chi connectivity index (χ1) is 13.3. The zero-order valence-corrected chi connectivity index (χ0v) is 16.4. The predicted molar refractivity (Wildman–Crippen MR) is 99.6 cm³/mol. The van der Waals surface area contributed by atoms with Gasteiger partial charge in [0.15, 0.2) is 18.1 Å². The molecule has 1 aromatic rings. The first-order valence-corrected chi connectivity index (χ1v) is 8.93. The fourth-order valence-electron chi connectivity index (χ4n) is 3.02. The largest absolute Gasteiger partial charge is 0.493 e. The van der Waals surface area contributed by atoms with Crippen molar-refractivity contribution in [1.29, 1.82) is 0 Å². The van der Waals surface area contributed by atoms with E-state index in [0.29, 0.717) is 5.75 Å². The van der Waals surface area contributed by atoms with E-state index in [2.05, 4.69) is 5.32 Å². The van der Waals surface area contributed by atoms with Gasteiger partial charge in [0.2, 0.25) is 0 Å². The lowest BCUT2D eigenvalue weighted by molar-refractivity contribution is -0.141. The third kappa shape index (κ3) is 5.13. The first kappa shape index (κ1) is 21.5. The van der Waals surface area contributed by atoms with E-state index in [1.807, 2.05) is 13.8 Å². The SMILES string of the molecule is COc1cc(C(=O)N2CC(OC)CC2C(=O)O)ccc1OCC(=O)NC(C)C. The minimum absolute atomic E-state index is 0.00318. The van der Waals surface area contributed by atoms with Crippen LogP contribution in [0.1, 0.15) is 30.6 Å². The second kappa shape index (κ2) is 9.41. The van der Waals surface area contributed by atoms with Crippen molar-refractivity contribution in [2.75, 3.05) is 27.4 Å². The van der Waals surface area contributed by atoms with Gasteiger partial charge in [-0.25, -0.2) is 4.79 Å². The number of rotatable bonds is 8. The van der Waals surface area contributed by atoms with Crippen molar-refractivity contribution >= 4 is 17.8 Å². The van der Waals surface area contributed by atoms with Crippen LogP contribution in [0.25, 0.3) is 0 Å². The molecule has 0 radical (unpaired) electrons. The number of ether oxygens (including phenoxy) is 3. The van der Waals surface area contributed by atoms with Crippen LogP contribution in [0.3, 0.4) is 0 Å². The van der Waals surface area contributed by atoms with E-state index in [-0.39, 0.29) is 48.9 Å². The van der Waals surface area contributed by atoms with E-state index in [1.54, 1.807) is 0 Å². The lowest BCUT2D eigenvalue weighted by Gasteiger charge is -2.22. The molecule has 9 nitrogen and oxygen atoms in total. The third-order valence-electron chi connectivity index (χ3n) is 4.36. The average molecular weight is 394 g/mol. The Labute approximate surface area is 163 Å². The van der Waals surface area contributed by atoms with Gasteiger partial charge in [-0.15, -0.1) is 0 Å². The number of hydrogen-bond acceptors (Lipinski definition) is 6. The number of methoxy groups -OCH3 is 2. The van der Waals surface area contributed by atoms with Crippen LogP contribution >= 0.6 is 0 Å². The predicted octanol–water partition coefficient (Wildman–Crippen LogP) is 0.913. The van der Waals surface area contributed by atoms with Crippen LogP contribution in [0, 0.1) is 0 Å². The zero-order chi connectivity index (χ0) is 20.8. The molecule has 0 spiro atoms. The van der Waals surface area contributed by atoms with Crippen molar-refractivity contribution in [2.45, 2.75) is 38.5 Å². The maximum absolute atomic E-state index is 12.8. The Bertz CT molecular complexity index is 735. The standard InChI is InChI=1S/C19H26N2O7/c1-11(2)20-17(22)10-28-15-6-5-12(7-16(15)27-4)18(23)21-9-13(26-3)8-14(21)19(24)25/h5-7,11,13-14H,8-10H2,1-4H3,(H,20,22)(H,24,25). The van der Waals surface area contributed by atoms with E-state index < -0.39 is 17.9 Å². The summed E-state index contributed by atoms with van der Waals surface area (Å²) >= 11 is 0. The molecule has 0 bridgehead atoms. The summed E-state index contributed by atoms with van der Waals surface area (Å²) in [5.74, 6) is -1.20. The zero-order valence-electron chi connectivity index (χ0n) is 16.4. The second-order valence-electron chi connectivity index (χ2n) is 6.78. The third-order valence-corrected chi connectivity index (χ3v) is 4.36. The van der Waals surface area contributed by atoms with Crippen molar-refractivity contribution in [3.63, 3.8) is 0 Å².